The minimum Gasteiger partial charge on any atom is -0.497 e. The standard InChI is InChI=1S/C30H26F2N2O3/c1-17-27(30(36)34-24-13-10-21(31)16-23(24)32)28(19-8-11-22(37-2)12-9-19)29-25(33-17)14-20(15-26(29)35)18-6-4-3-5-7-18/h3-13,16,20,28,33H,14-15H2,1-2H3,(H,34,36)/t20-,28+/m1/s1. The normalized spacial score (nSPS) is 19.3. The van der Waals surface area contributed by atoms with Gasteiger partial charge in [-0.15, -0.1) is 0 Å². The Hall–Kier alpha value is -4.26. The van der Waals surface area contributed by atoms with Gasteiger partial charge in [0.25, 0.3) is 5.91 Å². The predicted molar refractivity (Wildman–Crippen MR) is 137 cm³/mol. The van der Waals surface area contributed by atoms with Gasteiger partial charge in [0.2, 0.25) is 0 Å². The van der Waals surface area contributed by atoms with Gasteiger partial charge in [-0.05, 0) is 54.7 Å². The first-order valence-electron chi connectivity index (χ1n) is 12.0. The van der Waals surface area contributed by atoms with Gasteiger partial charge in [-0.1, -0.05) is 42.5 Å². The highest BCUT2D eigenvalue weighted by Gasteiger charge is 2.41. The molecule has 3 aromatic carbocycles. The number of ketones is 1. The summed E-state index contributed by atoms with van der Waals surface area (Å²) in [4.78, 5) is 27.2. The number of benzene rings is 3. The van der Waals surface area contributed by atoms with Gasteiger partial charge in [0.15, 0.2) is 5.78 Å². The Morgan fingerprint density at radius 3 is 2.38 bits per heavy atom. The SMILES string of the molecule is COc1ccc([C@H]2C(C(=O)Nc3ccc(F)cc3F)=C(C)NC3=C2C(=O)C[C@H](c2ccccc2)C3)cc1. The summed E-state index contributed by atoms with van der Waals surface area (Å²) in [5.74, 6) is -2.23. The van der Waals surface area contributed by atoms with Crippen molar-refractivity contribution < 1.29 is 23.1 Å². The molecular formula is C30H26F2N2O3. The minimum absolute atomic E-state index is 0.0213. The Morgan fingerprint density at radius 2 is 1.70 bits per heavy atom. The second-order valence-corrected chi connectivity index (χ2v) is 9.28. The van der Waals surface area contributed by atoms with Crippen LogP contribution >= 0.6 is 0 Å². The zero-order chi connectivity index (χ0) is 26.1. The number of hydrogen-bond donors (Lipinski definition) is 2. The third kappa shape index (κ3) is 4.77. The molecule has 0 saturated carbocycles. The van der Waals surface area contributed by atoms with Gasteiger partial charge >= 0.3 is 0 Å². The van der Waals surface area contributed by atoms with Crippen molar-refractivity contribution >= 4 is 17.4 Å². The number of anilines is 1. The van der Waals surface area contributed by atoms with Crippen LogP contribution in [0.3, 0.4) is 0 Å². The molecule has 0 bridgehead atoms. The Morgan fingerprint density at radius 1 is 0.973 bits per heavy atom. The van der Waals surface area contributed by atoms with Crippen LogP contribution < -0.4 is 15.4 Å². The molecule has 0 radical (unpaired) electrons. The maximum absolute atomic E-state index is 14.3. The summed E-state index contributed by atoms with van der Waals surface area (Å²) >= 11 is 0. The first kappa shape index (κ1) is 24.4. The molecule has 5 nitrogen and oxygen atoms in total. The van der Waals surface area contributed by atoms with Crippen molar-refractivity contribution in [2.24, 2.45) is 0 Å². The fraction of sp³-hybridized carbons (Fsp3) is 0.200. The predicted octanol–water partition coefficient (Wildman–Crippen LogP) is 5.97. The number of halogens is 2. The maximum atomic E-state index is 14.3. The van der Waals surface area contributed by atoms with Crippen molar-refractivity contribution in [1.82, 2.24) is 5.32 Å². The van der Waals surface area contributed by atoms with Crippen LogP contribution in [0.1, 0.15) is 42.7 Å². The van der Waals surface area contributed by atoms with Crippen molar-refractivity contribution in [3.8, 4) is 5.75 Å². The highest BCUT2D eigenvalue weighted by Crippen LogP contribution is 2.46. The second-order valence-electron chi connectivity index (χ2n) is 9.28. The largest absolute Gasteiger partial charge is 0.497 e. The summed E-state index contributed by atoms with van der Waals surface area (Å²) in [6.45, 7) is 1.77. The number of carbonyl (C=O) groups excluding carboxylic acids is 2. The molecular weight excluding hydrogens is 474 g/mol. The van der Waals surface area contributed by atoms with Gasteiger partial charge in [0, 0.05) is 40.9 Å². The minimum atomic E-state index is -0.879. The summed E-state index contributed by atoms with van der Waals surface area (Å²) in [5, 5.41) is 5.88. The molecule has 1 aliphatic heterocycles. The van der Waals surface area contributed by atoms with Gasteiger partial charge in [-0.2, -0.15) is 0 Å². The zero-order valence-electron chi connectivity index (χ0n) is 20.5. The van der Waals surface area contributed by atoms with Crippen molar-refractivity contribution in [3.05, 3.63) is 118 Å². The Balaban J connectivity index is 1.56. The molecule has 5 rings (SSSR count). The topological polar surface area (TPSA) is 67.4 Å². The number of allylic oxidation sites excluding steroid dienone is 3. The number of methoxy groups -OCH3 is 1. The van der Waals surface area contributed by atoms with Crippen molar-refractivity contribution in [3.63, 3.8) is 0 Å². The molecule has 0 aromatic heterocycles. The van der Waals surface area contributed by atoms with E-state index in [2.05, 4.69) is 10.6 Å². The van der Waals surface area contributed by atoms with Gasteiger partial charge in [0.05, 0.1) is 12.8 Å². The fourth-order valence-corrected chi connectivity index (χ4v) is 5.21. The molecule has 0 saturated heterocycles. The van der Waals surface area contributed by atoms with E-state index in [0.29, 0.717) is 41.5 Å². The van der Waals surface area contributed by atoms with Crippen molar-refractivity contribution in [2.75, 3.05) is 12.4 Å². The van der Waals surface area contributed by atoms with Crippen LogP contribution in [-0.4, -0.2) is 18.8 Å². The van der Waals surface area contributed by atoms with E-state index in [4.69, 9.17) is 4.74 Å². The second kappa shape index (κ2) is 10.0. The van der Waals surface area contributed by atoms with Crippen LogP contribution in [0.2, 0.25) is 0 Å². The summed E-state index contributed by atoms with van der Waals surface area (Å²) in [6, 6.07) is 20.1. The first-order chi connectivity index (χ1) is 17.9. The molecule has 1 amide bonds. The molecule has 3 aromatic rings. The maximum Gasteiger partial charge on any atom is 0.254 e. The molecule has 2 aliphatic rings. The van der Waals surface area contributed by atoms with Crippen LogP contribution in [-0.2, 0) is 9.59 Å². The van der Waals surface area contributed by atoms with Crippen LogP contribution in [0.15, 0.2) is 95.3 Å². The molecule has 0 spiro atoms. The summed E-state index contributed by atoms with van der Waals surface area (Å²) in [7, 11) is 1.56. The third-order valence-electron chi connectivity index (χ3n) is 6.97. The fourth-order valence-electron chi connectivity index (χ4n) is 5.21. The smallest absolute Gasteiger partial charge is 0.254 e. The number of hydrogen-bond acceptors (Lipinski definition) is 4. The Kier molecular flexibility index (Phi) is 6.61. The Bertz CT molecular complexity index is 1430. The molecule has 2 N–H and O–H groups in total. The van der Waals surface area contributed by atoms with E-state index in [-0.39, 0.29) is 17.4 Å². The van der Waals surface area contributed by atoms with E-state index >= 15 is 0 Å². The number of Topliss-reactive ketones (excluding diaryl/α,β-unsaturated/α-hetero) is 1. The molecule has 2 atom stereocenters. The third-order valence-corrected chi connectivity index (χ3v) is 6.97. The van der Waals surface area contributed by atoms with Gasteiger partial charge in [0.1, 0.15) is 17.4 Å². The lowest BCUT2D eigenvalue weighted by Crippen LogP contribution is -2.37. The molecule has 0 fully saturated rings. The molecule has 7 heteroatoms. The summed E-state index contributed by atoms with van der Waals surface area (Å²) < 4.78 is 33.0. The lowest BCUT2D eigenvalue weighted by atomic mass is 9.71. The van der Waals surface area contributed by atoms with E-state index in [1.54, 1.807) is 26.2 Å². The number of rotatable bonds is 5. The van der Waals surface area contributed by atoms with Crippen LogP contribution in [0.25, 0.3) is 0 Å². The number of carbonyl (C=O) groups is 2. The van der Waals surface area contributed by atoms with Crippen LogP contribution in [0, 0.1) is 11.6 Å². The quantitative estimate of drug-likeness (QED) is 0.453. The summed E-state index contributed by atoms with van der Waals surface area (Å²) in [5.41, 5.74) is 3.88. The number of ether oxygens (including phenoxy) is 1. The molecule has 37 heavy (non-hydrogen) atoms. The van der Waals surface area contributed by atoms with Crippen molar-refractivity contribution in [2.45, 2.75) is 31.6 Å². The average Bonchev–Trinajstić information content (AvgIpc) is 2.90. The Labute approximate surface area is 213 Å². The number of dihydropyridines is 1. The lowest BCUT2D eigenvalue weighted by Gasteiger charge is -2.37. The van der Waals surface area contributed by atoms with Crippen LogP contribution in [0.5, 0.6) is 5.75 Å². The van der Waals surface area contributed by atoms with E-state index in [1.165, 1.54) is 6.07 Å². The lowest BCUT2D eigenvalue weighted by molar-refractivity contribution is -0.116. The molecule has 0 unspecified atom stereocenters. The molecule has 1 heterocycles. The van der Waals surface area contributed by atoms with Gasteiger partial charge < -0.3 is 15.4 Å². The van der Waals surface area contributed by atoms with Crippen LogP contribution in [0.4, 0.5) is 14.5 Å². The van der Waals surface area contributed by atoms with E-state index in [0.717, 1.165) is 22.9 Å². The average molecular weight is 501 g/mol. The van der Waals surface area contributed by atoms with Gasteiger partial charge in [-0.3, -0.25) is 9.59 Å². The van der Waals surface area contributed by atoms with E-state index in [1.807, 2.05) is 42.5 Å². The highest BCUT2D eigenvalue weighted by atomic mass is 19.1. The first-order valence-corrected chi connectivity index (χ1v) is 12.0. The van der Waals surface area contributed by atoms with E-state index < -0.39 is 23.5 Å². The number of nitrogens with one attached hydrogen (secondary N) is 2. The molecule has 1 aliphatic carbocycles. The monoisotopic (exact) mass is 500 g/mol. The summed E-state index contributed by atoms with van der Waals surface area (Å²) in [6.07, 6.45) is 0.939. The van der Waals surface area contributed by atoms with Gasteiger partial charge in [-0.25, -0.2) is 8.78 Å². The van der Waals surface area contributed by atoms with E-state index in [9.17, 15) is 18.4 Å². The highest BCUT2D eigenvalue weighted by molar-refractivity contribution is 6.10. The number of amides is 1. The zero-order valence-corrected chi connectivity index (χ0v) is 20.5. The van der Waals surface area contributed by atoms with Crippen molar-refractivity contribution in [1.29, 1.82) is 0 Å². The molecule has 188 valence electrons.